The zero-order valence-corrected chi connectivity index (χ0v) is 18.5. The van der Waals surface area contributed by atoms with E-state index in [1.54, 1.807) is 4.90 Å². The van der Waals surface area contributed by atoms with Crippen molar-refractivity contribution in [2.45, 2.75) is 77.9 Å². The first-order valence-corrected chi connectivity index (χ1v) is 11.2. The molecule has 4 nitrogen and oxygen atoms in total. The maximum Gasteiger partial charge on any atom is 0.243 e. The van der Waals surface area contributed by atoms with Crippen molar-refractivity contribution < 1.29 is 9.59 Å². The molecule has 4 heteroatoms. The molecule has 0 aromatic heterocycles. The number of rotatable bonds is 8. The summed E-state index contributed by atoms with van der Waals surface area (Å²) in [7, 11) is 0. The maximum atomic E-state index is 13.5. The van der Waals surface area contributed by atoms with Crippen molar-refractivity contribution in [3.05, 3.63) is 70.8 Å². The summed E-state index contributed by atoms with van der Waals surface area (Å²) in [5.41, 5.74) is 4.34. The van der Waals surface area contributed by atoms with Gasteiger partial charge in [0.15, 0.2) is 0 Å². The van der Waals surface area contributed by atoms with Crippen molar-refractivity contribution in [1.82, 2.24) is 10.2 Å². The summed E-state index contributed by atoms with van der Waals surface area (Å²) in [6, 6.07) is 15.9. The Balaban J connectivity index is 1.84. The molecule has 0 spiro atoms. The van der Waals surface area contributed by atoms with Crippen molar-refractivity contribution in [2.24, 2.45) is 0 Å². The van der Waals surface area contributed by atoms with Crippen LogP contribution < -0.4 is 5.32 Å². The van der Waals surface area contributed by atoms with Crippen LogP contribution in [0.1, 0.15) is 61.3 Å². The van der Waals surface area contributed by atoms with Crippen LogP contribution in [-0.4, -0.2) is 28.8 Å². The Morgan fingerprint density at radius 2 is 1.53 bits per heavy atom. The second-order valence-electron chi connectivity index (χ2n) is 8.47. The van der Waals surface area contributed by atoms with Crippen LogP contribution in [0.3, 0.4) is 0 Å². The lowest BCUT2D eigenvalue weighted by Crippen LogP contribution is -2.51. The summed E-state index contributed by atoms with van der Waals surface area (Å²) in [6.45, 7) is 6.52. The number of aryl methyl sites for hydroxylation is 2. The van der Waals surface area contributed by atoms with E-state index in [0.717, 1.165) is 35.1 Å². The van der Waals surface area contributed by atoms with E-state index in [1.165, 1.54) is 12.8 Å². The van der Waals surface area contributed by atoms with Gasteiger partial charge in [0.05, 0.1) is 6.42 Å². The van der Waals surface area contributed by atoms with Gasteiger partial charge in [0, 0.05) is 12.6 Å². The summed E-state index contributed by atoms with van der Waals surface area (Å²) < 4.78 is 0. The smallest absolute Gasteiger partial charge is 0.243 e. The SMILES string of the molecule is CCC(C(=O)NC1CCCC1)N(Cc1ccccc1C)C(=O)Cc1ccccc1C. The normalized spacial score (nSPS) is 15.0. The fourth-order valence-corrected chi connectivity index (χ4v) is 4.33. The van der Waals surface area contributed by atoms with Crippen LogP contribution in [-0.2, 0) is 22.6 Å². The molecule has 2 aromatic carbocycles. The molecule has 0 heterocycles. The van der Waals surface area contributed by atoms with Crippen molar-refractivity contribution in [3.8, 4) is 0 Å². The minimum absolute atomic E-state index is 0.000903. The third-order valence-electron chi connectivity index (χ3n) is 6.29. The molecule has 3 rings (SSSR count). The molecule has 1 saturated carbocycles. The third-order valence-corrected chi connectivity index (χ3v) is 6.29. The van der Waals surface area contributed by atoms with E-state index in [0.29, 0.717) is 19.4 Å². The fraction of sp³-hybridized carbons (Fsp3) is 0.462. The van der Waals surface area contributed by atoms with E-state index in [9.17, 15) is 9.59 Å². The quantitative estimate of drug-likeness (QED) is 0.690. The maximum absolute atomic E-state index is 13.5. The van der Waals surface area contributed by atoms with Crippen LogP contribution in [0.25, 0.3) is 0 Å². The molecule has 1 N–H and O–H groups in total. The summed E-state index contributed by atoms with van der Waals surface area (Å²) in [6.07, 6.45) is 5.33. The van der Waals surface area contributed by atoms with Gasteiger partial charge in [0.1, 0.15) is 6.04 Å². The van der Waals surface area contributed by atoms with Crippen LogP contribution in [0.15, 0.2) is 48.5 Å². The highest BCUT2D eigenvalue weighted by atomic mass is 16.2. The predicted molar refractivity (Wildman–Crippen MR) is 121 cm³/mol. The van der Waals surface area contributed by atoms with Crippen molar-refractivity contribution in [2.75, 3.05) is 0 Å². The minimum Gasteiger partial charge on any atom is -0.352 e. The highest BCUT2D eigenvalue weighted by Crippen LogP contribution is 2.21. The predicted octanol–water partition coefficient (Wildman–Crippen LogP) is 4.71. The van der Waals surface area contributed by atoms with Gasteiger partial charge in [-0.15, -0.1) is 0 Å². The molecule has 0 bridgehead atoms. The molecule has 1 aliphatic carbocycles. The molecular weight excluding hydrogens is 372 g/mol. The number of hydrogen-bond acceptors (Lipinski definition) is 2. The van der Waals surface area contributed by atoms with Gasteiger partial charge >= 0.3 is 0 Å². The van der Waals surface area contributed by atoms with Crippen molar-refractivity contribution >= 4 is 11.8 Å². The van der Waals surface area contributed by atoms with Crippen LogP contribution >= 0.6 is 0 Å². The minimum atomic E-state index is -0.457. The van der Waals surface area contributed by atoms with E-state index < -0.39 is 6.04 Å². The Morgan fingerprint density at radius 1 is 0.967 bits per heavy atom. The van der Waals surface area contributed by atoms with Crippen molar-refractivity contribution in [3.63, 3.8) is 0 Å². The molecule has 1 aliphatic rings. The Bertz CT molecular complexity index is 871. The second kappa shape index (κ2) is 10.4. The Morgan fingerprint density at radius 3 is 2.10 bits per heavy atom. The molecule has 0 saturated heterocycles. The van der Waals surface area contributed by atoms with Gasteiger partial charge < -0.3 is 10.2 Å². The van der Waals surface area contributed by atoms with E-state index in [4.69, 9.17) is 0 Å². The monoisotopic (exact) mass is 406 g/mol. The molecule has 30 heavy (non-hydrogen) atoms. The lowest BCUT2D eigenvalue weighted by molar-refractivity contribution is -0.141. The second-order valence-corrected chi connectivity index (χ2v) is 8.47. The molecule has 0 radical (unpaired) electrons. The van der Waals surface area contributed by atoms with Gasteiger partial charge in [0.25, 0.3) is 0 Å². The number of amides is 2. The number of benzene rings is 2. The lowest BCUT2D eigenvalue weighted by atomic mass is 10.0. The van der Waals surface area contributed by atoms with E-state index >= 15 is 0 Å². The standard InChI is InChI=1S/C26H34N2O2/c1-4-24(26(30)27-23-15-9-10-16-23)28(18-22-14-8-6-12-20(22)3)25(29)17-21-13-7-5-11-19(21)2/h5-8,11-14,23-24H,4,9-10,15-18H2,1-3H3,(H,27,30). The molecule has 2 aromatic rings. The molecule has 1 atom stereocenters. The average Bonchev–Trinajstić information content (AvgIpc) is 3.24. The van der Waals surface area contributed by atoms with Gasteiger partial charge in [0.2, 0.25) is 11.8 Å². The summed E-state index contributed by atoms with van der Waals surface area (Å²) >= 11 is 0. The molecule has 1 unspecified atom stereocenters. The first kappa shape index (κ1) is 22.1. The molecule has 160 valence electrons. The number of nitrogens with zero attached hydrogens (tertiary/aromatic N) is 1. The highest BCUT2D eigenvalue weighted by molar-refractivity contribution is 5.88. The Hall–Kier alpha value is -2.62. The van der Waals surface area contributed by atoms with E-state index in [1.807, 2.05) is 56.3 Å². The van der Waals surface area contributed by atoms with Gasteiger partial charge in [-0.3, -0.25) is 9.59 Å². The first-order chi connectivity index (χ1) is 14.5. The molecular formula is C26H34N2O2. The van der Waals surface area contributed by atoms with E-state index in [2.05, 4.69) is 18.3 Å². The number of carbonyl (C=O) groups excluding carboxylic acids is 2. The topological polar surface area (TPSA) is 49.4 Å². The lowest BCUT2D eigenvalue weighted by Gasteiger charge is -2.32. The van der Waals surface area contributed by atoms with Gasteiger partial charge in [-0.25, -0.2) is 0 Å². The summed E-state index contributed by atoms with van der Waals surface area (Å²) in [5, 5.41) is 3.21. The Kier molecular flexibility index (Phi) is 7.67. The largest absolute Gasteiger partial charge is 0.352 e. The molecule has 2 amide bonds. The average molecular weight is 407 g/mol. The summed E-state index contributed by atoms with van der Waals surface area (Å²) in [4.78, 5) is 28.4. The van der Waals surface area contributed by atoms with Crippen LogP contribution in [0.2, 0.25) is 0 Å². The third kappa shape index (κ3) is 5.50. The van der Waals surface area contributed by atoms with Crippen molar-refractivity contribution in [1.29, 1.82) is 0 Å². The highest BCUT2D eigenvalue weighted by Gasteiger charge is 2.30. The molecule has 1 fully saturated rings. The number of hydrogen-bond donors (Lipinski definition) is 1. The van der Waals surface area contributed by atoms with Crippen LogP contribution in [0.4, 0.5) is 0 Å². The Labute approximate surface area is 180 Å². The van der Waals surface area contributed by atoms with Crippen LogP contribution in [0, 0.1) is 13.8 Å². The molecule has 0 aliphatic heterocycles. The number of carbonyl (C=O) groups is 2. The fourth-order valence-electron chi connectivity index (χ4n) is 4.33. The van der Waals surface area contributed by atoms with Gasteiger partial charge in [-0.05, 0) is 55.4 Å². The first-order valence-electron chi connectivity index (χ1n) is 11.2. The zero-order valence-electron chi connectivity index (χ0n) is 18.5. The van der Waals surface area contributed by atoms with Crippen LogP contribution in [0.5, 0.6) is 0 Å². The zero-order chi connectivity index (χ0) is 21.5. The number of nitrogens with one attached hydrogen (secondary N) is 1. The van der Waals surface area contributed by atoms with Gasteiger partial charge in [-0.1, -0.05) is 68.3 Å². The van der Waals surface area contributed by atoms with Gasteiger partial charge in [-0.2, -0.15) is 0 Å². The summed E-state index contributed by atoms with van der Waals surface area (Å²) in [5.74, 6) is -0.0166. The van der Waals surface area contributed by atoms with E-state index in [-0.39, 0.29) is 17.9 Å².